The first-order chi connectivity index (χ1) is 17.3. The van der Waals surface area contributed by atoms with Crippen molar-refractivity contribution in [2.24, 2.45) is 11.8 Å². The molecule has 1 N–H and O–H groups in total. The summed E-state index contributed by atoms with van der Waals surface area (Å²) in [5.41, 5.74) is 0.666. The molecule has 2 amide bonds. The Labute approximate surface area is 212 Å². The van der Waals surface area contributed by atoms with E-state index in [-0.39, 0.29) is 29.5 Å². The lowest BCUT2D eigenvalue weighted by Gasteiger charge is -2.36. The number of carbonyl (C=O) groups is 2. The average molecular weight is 498 g/mol. The Hall–Kier alpha value is -2.97. The van der Waals surface area contributed by atoms with Crippen molar-refractivity contribution in [3.63, 3.8) is 0 Å². The second-order valence-corrected chi connectivity index (χ2v) is 10.1. The molecular formula is C28H36FN3O4. The fourth-order valence-corrected chi connectivity index (χ4v) is 4.66. The predicted octanol–water partition coefficient (Wildman–Crippen LogP) is 4.29. The highest BCUT2D eigenvalue weighted by atomic mass is 19.1. The Kier molecular flexibility index (Phi) is 8.26. The van der Waals surface area contributed by atoms with Gasteiger partial charge in [-0.1, -0.05) is 19.1 Å². The molecule has 2 aromatic rings. The minimum Gasteiger partial charge on any atom is -0.491 e. The normalized spacial score (nSPS) is 23.8. The Morgan fingerprint density at radius 3 is 2.61 bits per heavy atom. The van der Waals surface area contributed by atoms with Crippen LogP contribution < -0.4 is 10.1 Å². The van der Waals surface area contributed by atoms with Gasteiger partial charge in [0, 0.05) is 45.5 Å². The summed E-state index contributed by atoms with van der Waals surface area (Å²) in [5, 5.41) is 2.70. The molecular weight excluding hydrogens is 461 g/mol. The van der Waals surface area contributed by atoms with Crippen LogP contribution in [0, 0.1) is 17.7 Å². The summed E-state index contributed by atoms with van der Waals surface area (Å²) in [5.74, 6) is -0.00579. The monoisotopic (exact) mass is 497 g/mol. The number of carbonyl (C=O) groups excluding carboxylic acids is 2. The maximum atomic E-state index is 14.1. The third-order valence-electron chi connectivity index (χ3n) is 7.14. The Bertz CT molecular complexity index is 1090. The molecule has 0 aromatic heterocycles. The molecule has 1 aliphatic heterocycles. The van der Waals surface area contributed by atoms with Crippen LogP contribution in [0.15, 0.2) is 42.5 Å². The fraction of sp³-hybridized carbons (Fsp3) is 0.500. The zero-order valence-corrected chi connectivity index (χ0v) is 21.5. The molecule has 0 unspecified atom stereocenters. The Morgan fingerprint density at radius 1 is 1.17 bits per heavy atom. The van der Waals surface area contributed by atoms with Crippen molar-refractivity contribution in [3.05, 3.63) is 59.4 Å². The van der Waals surface area contributed by atoms with Crippen molar-refractivity contribution >= 4 is 17.5 Å². The van der Waals surface area contributed by atoms with E-state index < -0.39 is 11.7 Å². The fourth-order valence-electron chi connectivity index (χ4n) is 4.66. The predicted molar refractivity (Wildman–Crippen MR) is 137 cm³/mol. The van der Waals surface area contributed by atoms with Crippen molar-refractivity contribution in [2.45, 2.75) is 38.8 Å². The molecule has 1 aliphatic carbocycles. The molecule has 0 radical (unpaired) electrons. The molecule has 2 aliphatic rings. The van der Waals surface area contributed by atoms with Crippen molar-refractivity contribution in [3.8, 4) is 5.75 Å². The highest BCUT2D eigenvalue weighted by Crippen LogP contribution is 2.32. The van der Waals surface area contributed by atoms with Gasteiger partial charge in [-0.2, -0.15) is 0 Å². The van der Waals surface area contributed by atoms with Crippen molar-refractivity contribution in [2.75, 3.05) is 45.7 Å². The molecule has 3 atom stereocenters. The summed E-state index contributed by atoms with van der Waals surface area (Å²) in [6, 6.07) is 10.9. The van der Waals surface area contributed by atoms with E-state index in [9.17, 15) is 14.0 Å². The van der Waals surface area contributed by atoms with Crippen molar-refractivity contribution in [1.29, 1.82) is 0 Å². The average Bonchev–Trinajstić information content (AvgIpc) is 3.69. The number of methoxy groups -OCH3 is 1. The largest absolute Gasteiger partial charge is 0.491 e. The zero-order valence-electron chi connectivity index (χ0n) is 21.5. The van der Waals surface area contributed by atoms with Crippen LogP contribution in [-0.4, -0.2) is 74.2 Å². The minimum atomic E-state index is -0.607. The highest BCUT2D eigenvalue weighted by molar-refractivity contribution is 6.05. The molecule has 1 fully saturated rings. The zero-order chi connectivity index (χ0) is 25.8. The van der Waals surface area contributed by atoms with E-state index in [1.165, 1.54) is 31.0 Å². The topological polar surface area (TPSA) is 71.1 Å². The van der Waals surface area contributed by atoms with Gasteiger partial charge < -0.3 is 19.7 Å². The number of nitrogens with one attached hydrogen (secondary N) is 1. The summed E-state index contributed by atoms with van der Waals surface area (Å²) in [7, 11) is 3.43. The standard InChI is InChI=1S/C28H36FN3O4/c1-18-14-32(15-20-9-10-20)19(2)17-36-25-12-11-21(30-27(33)22-7-5-6-8-24(22)29)13-23(25)28(34)31(3)16-26(18)35-4/h5-8,11-13,18-20,26H,9-10,14-17H2,1-4H3,(H,30,33)/t18-,19+,26-/m1/s1. The number of fused-ring (bicyclic) bond motifs is 1. The molecule has 4 rings (SSSR count). The third-order valence-corrected chi connectivity index (χ3v) is 7.14. The molecule has 0 bridgehead atoms. The summed E-state index contributed by atoms with van der Waals surface area (Å²) >= 11 is 0. The van der Waals surface area contributed by atoms with Crippen LogP contribution in [-0.2, 0) is 4.74 Å². The molecule has 36 heavy (non-hydrogen) atoms. The van der Waals surface area contributed by atoms with Crippen LogP contribution in [0.4, 0.5) is 10.1 Å². The van der Waals surface area contributed by atoms with E-state index in [0.29, 0.717) is 30.2 Å². The molecule has 7 nitrogen and oxygen atoms in total. The summed E-state index contributed by atoms with van der Waals surface area (Å²) < 4.78 is 26.1. The number of likely N-dealkylation sites (N-methyl/N-ethyl adjacent to an activating group) is 1. The minimum absolute atomic E-state index is 0.0635. The van der Waals surface area contributed by atoms with E-state index in [2.05, 4.69) is 24.1 Å². The number of hydrogen-bond acceptors (Lipinski definition) is 5. The van der Waals surface area contributed by atoms with E-state index in [0.717, 1.165) is 19.0 Å². The molecule has 0 saturated heterocycles. The second kappa shape index (κ2) is 11.4. The van der Waals surface area contributed by atoms with Gasteiger partial charge in [-0.3, -0.25) is 14.5 Å². The number of hydrogen-bond donors (Lipinski definition) is 1. The van der Waals surface area contributed by atoms with Gasteiger partial charge in [0.2, 0.25) is 0 Å². The van der Waals surface area contributed by atoms with Crippen LogP contribution in [0.2, 0.25) is 0 Å². The quantitative estimate of drug-likeness (QED) is 0.667. The molecule has 1 heterocycles. The van der Waals surface area contributed by atoms with Gasteiger partial charge in [-0.15, -0.1) is 0 Å². The van der Waals surface area contributed by atoms with E-state index >= 15 is 0 Å². The van der Waals surface area contributed by atoms with E-state index in [1.54, 1.807) is 43.3 Å². The first kappa shape index (κ1) is 26.1. The summed E-state index contributed by atoms with van der Waals surface area (Å²) in [6.45, 7) is 7.08. The smallest absolute Gasteiger partial charge is 0.258 e. The molecule has 8 heteroatoms. The van der Waals surface area contributed by atoms with Gasteiger partial charge >= 0.3 is 0 Å². The number of benzene rings is 2. The van der Waals surface area contributed by atoms with Crippen LogP contribution in [0.5, 0.6) is 5.75 Å². The van der Waals surface area contributed by atoms with Gasteiger partial charge in [-0.25, -0.2) is 4.39 Å². The highest BCUT2D eigenvalue weighted by Gasteiger charge is 2.31. The molecule has 194 valence electrons. The number of amides is 2. The second-order valence-electron chi connectivity index (χ2n) is 10.1. The SMILES string of the molecule is CO[C@@H]1CN(C)C(=O)c2cc(NC(=O)c3ccccc3F)ccc2OC[C@H](C)N(CC2CC2)C[C@H]1C. The van der Waals surface area contributed by atoms with E-state index in [1.807, 2.05) is 0 Å². The third kappa shape index (κ3) is 6.23. The van der Waals surface area contributed by atoms with Crippen LogP contribution >= 0.6 is 0 Å². The van der Waals surface area contributed by atoms with Gasteiger partial charge in [0.05, 0.1) is 17.2 Å². The maximum Gasteiger partial charge on any atom is 0.258 e. The van der Waals surface area contributed by atoms with Crippen molar-refractivity contribution in [1.82, 2.24) is 9.80 Å². The molecule has 2 aromatic carbocycles. The van der Waals surface area contributed by atoms with Crippen LogP contribution in [0.25, 0.3) is 0 Å². The van der Waals surface area contributed by atoms with E-state index in [4.69, 9.17) is 9.47 Å². The Morgan fingerprint density at radius 2 is 1.92 bits per heavy atom. The summed E-state index contributed by atoms with van der Waals surface area (Å²) in [4.78, 5) is 30.2. The van der Waals surface area contributed by atoms with Crippen molar-refractivity contribution < 1.29 is 23.5 Å². The van der Waals surface area contributed by atoms with Crippen LogP contribution in [0.1, 0.15) is 47.4 Å². The number of nitrogens with zero attached hydrogens (tertiary/aromatic N) is 2. The number of halogens is 1. The lowest BCUT2D eigenvalue weighted by atomic mass is 10.0. The number of anilines is 1. The number of ether oxygens (including phenoxy) is 2. The molecule has 1 saturated carbocycles. The van der Waals surface area contributed by atoms with Gasteiger partial charge in [0.15, 0.2) is 0 Å². The van der Waals surface area contributed by atoms with Gasteiger partial charge in [0.25, 0.3) is 11.8 Å². The van der Waals surface area contributed by atoms with Gasteiger partial charge in [0.1, 0.15) is 18.2 Å². The first-order valence-electron chi connectivity index (χ1n) is 12.6. The summed E-state index contributed by atoms with van der Waals surface area (Å²) in [6.07, 6.45) is 2.42. The van der Waals surface area contributed by atoms with Crippen LogP contribution in [0.3, 0.4) is 0 Å². The van der Waals surface area contributed by atoms with Gasteiger partial charge in [-0.05, 0) is 61.9 Å². The molecule has 0 spiro atoms. The maximum absolute atomic E-state index is 14.1. The number of rotatable bonds is 5. The first-order valence-corrected chi connectivity index (χ1v) is 12.6. The lowest BCUT2D eigenvalue weighted by Crippen LogP contribution is -2.47. The lowest BCUT2D eigenvalue weighted by molar-refractivity contribution is 0.00994. The Balaban J connectivity index is 1.61.